The number of aromatic nitrogens is 1. The highest BCUT2D eigenvalue weighted by atomic mass is 79.9. The Hall–Kier alpha value is -2.54. The first-order valence-corrected chi connectivity index (χ1v) is 8.37. The van der Waals surface area contributed by atoms with Crippen molar-refractivity contribution >= 4 is 27.8 Å². The van der Waals surface area contributed by atoms with Crippen LogP contribution < -0.4 is 10.1 Å². The van der Waals surface area contributed by atoms with Crippen LogP contribution in [0, 0.1) is 0 Å². The minimum atomic E-state index is -0.778. The van der Waals surface area contributed by atoms with Crippen LogP contribution in [-0.2, 0) is 9.47 Å². The standard InChI is InChI=1S/C18H17BrN2O4/c1-10-16(25-18(22)24-3)14(11-6-4-5-7-12(11)19)15-13(21-10)8-9-20-17(15)23-2/h4-9,14,21H,1-3H3. The van der Waals surface area contributed by atoms with Crippen molar-refractivity contribution in [3.05, 3.63) is 63.6 Å². The number of allylic oxidation sites excluding steroid dienone is 2. The molecule has 0 aliphatic carbocycles. The molecule has 0 spiro atoms. The van der Waals surface area contributed by atoms with Crippen LogP contribution in [0.4, 0.5) is 10.5 Å². The maximum atomic E-state index is 11.8. The van der Waals surface area contributed by atoms with Crippen molar-refractivity contribution < 1.29 is 19.0 Å². The number of fused-ring (bicyclic) bond motifs is 1. The van der Waals surface area contributed by atoms with Gasteiger partial charge in [0.05, 0.1) is 31.4 Å². The fourth-order valence-corrected chi connectivity index (χ4v) is 3.40. The number of carbonyl (C=O) groups excluding carboxylic acids is 1. The number of benzene rings is 1. The van der Waals surface area contributed by atoms with Gasteiger partial charge in [0.2, 0.25) is 5.88 Å². The minimum Gasteiger partial charge on any atom is -0.481 e. The van der Waals surface area contributed by atoms with Gasteiger partial charge in [0.15, 0.2) is 0 Å². The quantitative estimate of drug-likeness (QED) is 0.763. The summed E-state index contributed by atoms with van der Waals surface area (Å²) in [5.41, 5.74) is 3.28. The second-order valence-corrected chi connectivity index (χ2v) is 6.26. The summed E-state index contributed by atoms with van der Waals surface area (Å²) in [5.74, 6) is 0.524. The second kappa shape index (κ2) is 7.14. The third-order valence-corrected chi connectivity index (χ3v) is 4.69. The van der Waals surface area contributed by atoms with Crippen LogP contribution in [0.5, 0.6) is 5.88 Å². The monoisotopic (exact) mass is 404 g/mol. The lowest BCUT2D eigenvalue weighted by molar-refractivity contribution is 0.0928. The van der Waals surface area contributed by atoms with Crippen LogP contribution in [0.1, 0.15) is 24.0 Å². The number of nitrogens with zero attached hydrogens (tertiary/aromatic N) is 1. The van der Waals surface area contributed by atoms with Crippen LogP contribution >= 0.6 is 15.9 Å². The van der Waals surface area contributed by atoms with E-state index in [1.54, 1.807) is 13.3 Å². The van der Waals surface area contributed by atoms with E-state index in [-0.39, 0.29) is 5.92 Å². The number of methoxy groups -OCH3 is 2. The van der Waals surface area contributed by atoms with Gasteiger partial charge in [-0.25, -0.2) is 9.78 Å². The molecule has 0 saturated heterocycles. The summed E-state index contributed by atoms with van der Waals surface area (Å²) in [6.45, 7) is 1.85. The van der Waals surface area contributed by atoms with E-state index in [1.807, 2.05) is 37.3 Å². The Morgan fingerprint density at radius 3 is 2.68 bits per heavy atom. The first-order chi connectivity index (χ1) is 12.1. The van der Waals surface area contributed by atoms with Gasteiger partial charge >= 0.3 is 6.16 Å². The van der Waals surface area contributed by atoms with Gasteiger partial charge in [0, 0.05) is 16.4 Å². The summed E-state index contributed by atoms with van der Waals surface area (Å²) in [5, 5.41) is 3.24. The lowest BCUT2D eigenvalue weighted by Gasteiger charge is -2.31. The molecule has 7 heteroatoms. The molecule has 2 heterocycles. The van der Waals surface area contributed by atoms with E-state index in [9.17, 15) is 4.79 Å². The molecule has 1 aliphatic heterocycles. The predicted octanol–water partition coefficient (Wildman–Crippen LogP) is 4.42. The maximum Gasteiger partial charge on any atom is 0.513 e. The number of halogens is 1. The van der Waals surface area contributed by atoms with Gasteiger partial charge in [-0.2, -0.15) is 0 Å². The molecule has 2 aromatic rings. The average molecular weight is 405 g/mol. The molecule has 1 aromatic heterocycles. The molecular weight excluding hydrogens is 388 g/mol. The molecule has 25 heavy (non-hydrogen) atoms. The lowest BCUT2D eigenvalue weighted by atomic mass is 9.86. The zero-order valence-electron chi connectivity index (χ0n) is 14.0. The Morgan fingerprint density at radius 2 is 2.00 bits per heavy atom. The SMILES string of the molecule is COC(=O)OC1=C(C)Nc2ccnc(OC)c2C1c1ccccc1Br. The van der Waals surface area contributed by atoms with E-state index < -0.39 is 6.16 Å². The predicted molar refractivity (Wildman–Crippen MR) is 96.6 cm³/mol. The van der Waals surface area contributed by atoms with Crippen molar-refractivity contribution in [2.24, 2.45) is 0 Å². The first kappa shape index (κ1) is 17.3. The third-order valence-electron chi connectivity index (χ3n) is 3.97. The summed E-state index contributed by atoms with van der Waals surface area (Å²) < 4.78 is 16.5. The van der Waals surface area contributed by atoms with Crippen LogP contribution in [0.2, 0.25) is 0 Å². The van der Waals surface area contributed by atoms with Gasteiger partial charge in [-0.05, 0) is 24.6 Å². The molecule has 1 aromatic carbocycles. The summed E-state index contributed by atoms with van der Waals surface area (Å²) in [6, 6.07) is 9.61. The van der Waals surface area contributed by atoms with Crippen molar-refractivity contribution in [2.45, 2.75) is 12.8 Å². The number of hydrogen-bond donors (Lipinski definition) is 1. The number of rotatable bonds is 3. The molecule has 1 aliphatic rings. The van der Waals surface area contributed by atoms with Crippen molar-refractivity contribution in [1.82, 2.24) is 4.98 Å². The Kier molecular flexibility index (Phi) is 4.94. The van der Waals surface area contributed by atoms with Crippen LogP contribution in [0.3, 0.4) is 0 Å². The molecule has 1 N–H and O–H groups in total. The fourth-order valence-electron chi connectivity index (χ4n) is 2.89. The van der Waals surface area contributed by atoms with Crippen molar-refractivity contribution in [3.8, 4) is 5.88 Å². The van der Waals surface area contributed by atoms with E-state index >= 15 is 0 Å². The fraction of sp³-hybridized carbons (Fsp3) is 0.222. The van der Waals surface area contributed by atoms with Gasteiger partial charge in [-0.1, -0.05) is 34.1 Å². The molecule has 0 saturated carbocycles. The molecule has 0 fully saturated rings. The number of carbonyl (C=O) groups is 1. The number of ether oxygens (including phenoxy) is 3. The van der Waals surface area contributed by atoms with Crippen LogP contribution in [0.15, 0.2) is 52.5 Å². The normalized spacial score (nSPS) is 15.9. The maximum absolute atomic E-state index is 11.8. The average Bonchev–Trinajstić information content (AvgIpc) is 2.62. The van der Waals surface area contributed by atoms with Crippen molar-refractivity contribution in [1.29, 1.82) is 0 Å². The lowest BCUT2D eigenvalue weighted by Crippen LogP contribution is -2.22. The molecule has 1 unspecified atom stereocenters. The topological polar surface area (TPSA) is 69.7 Å². The second-order valence-electron chi connectivity index (χ2n) is 5.41. The van der Waals surface area contributed by atoms with Crippen molar-refractivity contribution in [2.75, 3.05) is 19.5 Å². The number of nitrogens with one attached hydrogen (secondary N) is 1. The third kappa shape index (κ3) is 3.19. The molecular formula is C18H17BrN2O4. The Morgan fingerprint density at radius 1 is 1.24 bits per heavy atom. The first-order valence-electron chi connectivity index (χ1n) is 7.57. The molecule has 0 radical (unpaired) electrons. The number of anilines is 1. The van der Waals surface area contributed by atoms with Gasteiger partial charge in [-0.15, -0.1) is 0 Å². The largest absolute Gasteiger partial charge is 0.513 e. The summed E-state index contributed by atoms with van der Waals surface area (Å²) in [6.07, 6.45) is 0.890. The number of pyridine rings is 1. The smallest absolute Gasteiger partial charge is 0.481 e. The Balaban J connectivity index is 2.24. The van der Waals surface area contributed by atoms with E-state index in [0.29, 0.717) is 17.3 Å². The van der Waals surface area contributed by atoms with Gasteiger partial charge < -0.3 is 19.5 Å². The van der Waals surface area contributed by atoms with E-state index in [1.165, 1.54) is 7.11 Å². The zero-order valence-corrected chi connectivity index (χ0v) is 15.6. The van der Waals surface area contributed by atoms with Gasteiger partial charge in [-0.3, -0.25) is 0 Å². The molecule has 3 rings (SSSR count). The molecule has 0 bridgehead atoms. The molecule has 0 amide bonds. The summed E-state index contributed by atoms with van der Waals surface area (Å²) >= 11 is 3.58. The van der Waals surface area contributed by atoms with E-state index in [4.69, 9.17) is 9.47 Å². The van der Waals surface area contributed by atoms with Crippen LogP contribution in [-0.4, -0.2) is 25.4 Å². The highest BCUT2D eigenvalue weighted by Crippen LogP contribution is 2.47. The van der Waals surface area contributed by atoms with E-state index in [2.05, 4.69) is 31.0 Å². The van der Waals surface area contributed by atoms with E-state index in [0.717, 1.165) is 21.3 Å². The highest BCUT2D eigenvalue weighted by Gasteiger charge is 2.35. The van der Waals surface area contributed by atoms with Gasteiger partial charge in [0.25, 0.3) is 0 Å². The summed E-state index contributed by atoms with van der Waals surface area (Å²) in [4.78, 5) is 16.1. The minimum absolute atomic E-state index is 0.380. The van der Waals surface area contributed by atoms with Crippen LogP contribution in [0.25, 0.3) is 0 Å². The summed E-state index contributed by atoms with van der Waals surface area (Å²) in [7, 11) is 2.84. The van der Waals surface area contributed by atoms with Crippen molar-refractivity contribution in [3.63, 3.8) is 0 Å². The number of hydrogen-bond acceptors (Lipinski definition) is 6. The molecule has 6 nitrogen and oxygen atoms in total. The zero-order chi connectivity index (χ0) is 18.0. The van der Waals surface area contributed by atoms with Gasteiger partial charge in [0.1, 0.15) is 5.76 Å². The Labute approximate surface area is 153 Å². The molecule has 1 atom stereocenters. The molecule has 130 valence electrons. The Bertz CT molecular complexity index is 851. The highest BCUT2D eigenvalue weighted by molar-refractivity contribution is 9.10.